The molecular weight excluding hydrogens is 559 g/mol. The summed E-state index contributed by atoms with van der Waals surface area (Å²) >= 11 is 13.5. The smallest absolute Gasteiger partial charge is 0.468 e. The van der Waals surface area contributed by atoms with Gasteiger partial charge in [0.2, 0.25) is 5.39 Å². The van der Waals surface area contributed by atoms with Crippen molar-refractivity contribution in [2.45, 2.75) is 0 Å². The topological polar surface area (TPSA) is 217 Å². The number of phenols is 1. The van der Waals surface area contributed by atoms with E-state index >= 15 is 0 Å². The summed E-state index contributed by atoms with van der Waals surface area (Å²) in [5.74, 6) is -0.687. The van der Waals surface area contributed by atoms with Crippen LogP contribution in [-0.4, -0.2) is 29.7 Å². The average Bonchev–Trinajstić information content (AvgIpc) is 3.45. The first-order valence-electron chi connectivity index (χ1n) is 9.60. The van der Waals surface area contributed by atoms with Gasteiger partial charge in [0.1, 0.15) is 38.6 Å². The van der Waals surface area contributed by atoms with Crippen LogP contribution in [0.3, 0.4) is 0 Å². The molecule has 0 unspecified atom stereocenters. The Bertz CT molecular complexity index is 1770. The zero-order valence-electron chi connectivity index (χ0n) is 18.1. The lowest BCUT2D eigenvalue weighted by atomic mass is 10.2. The lowest BCUT2D eigenvalue weighted by Gasteiger charge is -1.96. The number of aromatic nitrogens is 4. The van der Waals surface area contributed by atoms with Gasteiger partial charge in [-0.3, -0.25) is 4.79 Å². The van der Waals surface area contributed by atoms with E-state index in [4.69, 9.17) is 55.7 Å². The Morgan fingerprint density at radius 3 is 2.03 bits per heavy atom. The zero-order valence-corrected chi connectivity index (χ0v) is 21.3. The summed E-state index contributed by atoms with van der Waals surface area (Å²) in [6.45, 7) is 0. The minimum Gasteiger partial charge on any atom is -0.507 e. The molecule has 1 amide bonds. The number of carbonyl (C=O) groups is 1. The number of primary amides is 1. The Labute approximate surface area is 225 Å². The van der Waals surface area contributed by atoms with Crippen molar-refractivity contribution in [3.63, 3.8) is 0 Å². The van der Waals surface area contributed by atoms with E-state index in [1.54, 1.807) is 18.2 Å². The van der Waals surface area contributed by atoms with Crippen LogP contribution in [0.5, 0.6) is 5.75 Å². The van der Waals surface area contributed by atoms with Crippen molar-refractivity contribution in [1.82, 2.24) is 18.7 Å². The summed E-state index contributed by atoms with van der Waals surface area (Å²) in [4.78, 5) is 21.3. The van der Waals surface area contributed by atoms with Crippen molar-refractivity contribution in [1.29, 1.82) is 15.9 Å². The molecule has 5 rings (SSSR count). The number of fused-ring (bicyclic) bond motifs is 2. The summed E-state index contributed by atoms with van der Waals surface area (Å²) in [5.41, 5.74) is 12.1. The number of hydrogen-bond donors (Lipinski definition) is 3. The highest BCUT2D eigenvalue weighted by Gasteiger charge is 2.19. The largest absolute Gasteiger partial charge is 0.507 e. The molecule has 16 heteroatoms. The van der Waals surface area contributed by atoms with Crippen LogP contribution in [0.25, 0.3) is 27.0 Å². The van der Waals surface area contributed by atoms with Crippen LogP contribution in [0.4, 0.5) is 10.0 Å². The molecule has 182 valence electrons. The van der Waals surface area contributed by atoms with E-state index in [9.17, 15) is 4.79 Å². The first-order chi connectivity index (χ1) is 17.7. The fourth-order valence-corrected chi connectivity index (χ4v) is 4.15. The highest BCUT2D eigenvalue weighted by atomic mass is 35.5. The van der Waals surface area contributed by atoms with Crippen LogP contribution in [0.2, 0.25) is 10.3 Å². The molecule has 0 aliphatic heterocycles. The van der Waals surface area contributed by atoms with Crippen molar-refractivity contribution in [3.05, 3.63) is 68.4 Å². The van der Waals surface area contributed by atoms with Crippen LogP contribution in [0.1, 0.15) is 21.5 Å². The van der Waals surface area contributed by atoms with E-state index < -0.39 is 5.91 Å². The molecule has 0 aliphatic carbocycles. The second-order valence-electron chi connectivity index (χ2n) is 6.64. The van der Waals surface area contributed by atoms with Gasteiger partial charge in [0.25, 0.3) is 5.91 Å². The van der Waals surface area contributed by atoms with Crippen molar-refractivity contribution in [2.24, 2.45) is 5.73 Å². The van der Waals surface area contributed by atoms with Gasteiger partial charge >= 0.3 is 5.00 Å². The van der Waals surface area contributed by atoms with Gasteiger partial charge in [0, 0.05) is 0 Å². The van der Waals surface area contributed by atoms with Gasteiger partial charge < -0.3 is 16.6 Å². The molecule has 37 heavy (non-hydrogen) atoms. The molecule has 0 aliphatic rings. The monoisotopic (exact) mass is 569 g/mol. The number of rotatable bonds is 1. The normalized spacial score (nSPS) is 9.70. The van der Waals surface area contributed by atoms with E-state index in [1.807, 2.05) is 12.1 Å². The molecule has 0 atom stereocenters. The summed E-state index contributed by atoms with van der Waals surface area (Å²) < 4.78 is 7.87. The van der Waals surface area contributed by atoms with Gasteiger partial charge in [-0.1, -0.05) is 35.3 Å². The number of hydrogen-bond acceptors (Lipinski definition) is 12. The van der Waals surface area contributed by atoms with E-state index in [2.05, 4.69) is 23.7 Å². The minimum atomic E-state index is -0.613. The maximum Gasteiger partial charge on any atom is 0.468 e. The van der Waals surface area contributed by atoms with E-state index in [0.29, 0.717) is 37.6 Å². The number of nitrogen functional groups attached to an aromatic ring is 1. The Kier molecular flexibility index (Phi) is 8.64. The van der Waals surface area contributed by atoms with E-state index in [1.165, 1.54) is 18.2 Å². The van der Waals surface area contributed by atoms with Crippen LogP contribution in [0.15, 0.2) is 36.4 Å². The minimum absolute atomic E-state index is 0.0741. The SMILES string of the molecule is N#Cc1cc2c(N)snc2nc1Cl.N#Cc1cc2c([N+]#N)snc2nc1Cl.NC(=O)c1ccccc1O. The number of pyridine rings is 2. The number of halogens is 2. The lowest BCUT2D eigenvalue weighted by molar-refractivity contribution is 0.0997. The average molecular weight is 570 g/mol. The highest BCUT2D eigenvalue weighted by molar-refractivity contribution is 7.12. The summed E-state index contributed by atoms with van der Waals surface area (Å²) in [7, 11) is 0. The molecule has 5 aromatic rings. The molecule has 1 aromatic carbocycles. The maximum atomic E-state index is 10.5. The number of aromatic hydroxyl groups is 1. The van der Waals surface area contributed by atoms with Gasteiger partial charge in [0.15, 0.2) is 16.3 Å². The third-order valence-electron chi connectivity index (χ3n) is 4.36. The number of nitrogens with zero attached hydrogens (tertiary/aromatic N) is 8. The number of para-hydroxylation sites is 1. The molecular formula is C21H11Cl2N10O2S2+. The number of carbonyl (C=O) groups excluding carboxylic acids is 1. The van der Waals surface area contributed by atoms with E-state index in [0.717, 1.165) is 23.1 Å². The Hall–Kier alpha value is -4.65. The van der Waals surface area contributed by atoms with Gasteiger partial charge in [0.05, 0.1) is 33.6 Å². The van der Waals surface area contributed by atoms with Crippen molar-refractivity contribution in [2.75, 3.05) is 5.73 Å². The number of nitriles is 2. The van der Waals surface area contributed by atoms with Crippen LogP contribution in [-0.2, 0) is 0 Å². The molecule has 4 heterocycles. The Balaban J connectivity index is 0.000000157. The predicted molar refractivity (Wildman–Crippen MR) is 140 cm³/mol. The highest BCUT2D eigenvalue weighted by Crippen LogP contribution is 2.31. The van der Waals surface area contributed by atoms with E-state index in [-0.39, 0.29) is 27.2 Å². The molecule has 0 saturated carbocycles. The molecule has 12 nitrogen and oxygen atoms in total. The van der Waals surface area contributed by atoms with Crippen LogP contribution >= 0.6 is 46.3 Å². The van der Waals surface area contributed by atoms with Gasteiger partial charge in [-0.25, -0.2) is 9.97 Å². The first kappa shape index (κ1) is 26.9. The second-order valence-corrected chi connectivity index (χ2v) is 8.91. The molecule has 0 bridgehead atoms. The standard InChI is InChI=1S/C7HClN5S.C7H3ClN4S.C7H7NO2/c8-5-3(2-9)1-4-6(11-5)13-14-7(4)12-10;8-5-3(2-9)1-4-6(10)13-12-7(4)11-5;8-7(10)5-3-1-2-4-6(5)9/h1H;1H,10H2;1-4,9H,(H2,8,10)/q+1;;. The zero-order chi connectivity index (χ0) is 27.1. The lowest BCUT2D eigenvalue weighted by Crippen LogP contribution is -2.10. The van der Waals surface area contributed by atoms with Crippen molar-refractivity contribution < 1.29 is 9.90 Å². The summed E-state index contributed by atoms with van der Waals surface area (Å²) in [5, 5.41) is 37.3. The van der Waals surface area contributed by atoms with Gasteiger partial charge in [-0.05, 0) is 35.8 Å². The van der Waals surface area contributed by atoms with Crippen LogP contribution in [0, 0.1) is 28.1 Å². The molecule has 4 aromatic heterocycles. The third kappa shape index (κ3) is 6.13. The molecule has 0 radical (unpaired) electrons. The fraction of sp³-hybridized carbons (Fsp3) is 0. The number of benzene rings is 1. The molecule has 5 N–H and O–H groups in total. The Morgan fingerprint density at radius 2 is 1.51 bits per heavy atom. The number of diazo groups is 1. The first-order valence-corrected chi connectivity index (χ1v) is 11.9. The van der Waals surface area contributed by atoms with Crippen LogP contribution < -0.4 is 11.5 Å². The second kappa shape index (κ2) is 11.9. The maximum absolute atomic E-state index is 10.5. The molecule has 0 saturated heterocycles. The number of nitrogens with two attached hydrogens (primary N) is 2. The van der Waals surface area contributed by atoms with Crippen molar-refractivity contribution in [3.8, 4) is 17.9 Å². The van der Waals surface area contributed by atoms with Crippen molar-refractivity contribution >= 4 is 84.2 Å². The number of amides is 1. The van der Waals surface area contributed by atoms with Gasteiger partial charge in [-0.15, -0.1) is 0 Å². The third-order valence-corrected chi connectivity index (χ3v) is 6.35. The molecule has 0 fully saturated rings. The predicted octanol–water partition coefficient (Wildman–Crippen LogP) is 4.99. The molecule has 0 spiro atoms. The fourth-order valence-electron chi connectivity index (χ4n) is 2.63. The number of anilines is 1. The quantitative estimate of drug-likeness (QED) is 0.181. The van der Waals surface area contributed by atoms with Gasteiger partial charge in [-0.2, -0.15) is 19.3 Å². The summed E-state index contributed by atoms with van der Waals surface area (Å²) in [6.07, 6.45) is 0. The Morgan fingerprint density at radius 1 is 0.973 bits per heavy atom. The summed E-state index contributed by atoms with van der Waals surface area (Å²) in [6, 6.07) is 13.1.